The number of benzene rings is 2. The van der Waals surface area contributed by atoms with Crippen LogP contribution in [0.4, 0.5) is 0 Å². The van der Waals surface area contributed by atoms with Gasteiger partial charge in [-0.3, -0.25) is 14.3 Å². The summed E-state index contributed by atoms with van der Waals surface area (Å²) >= 11 is 6.68. The van der Waals surface area contributed by atoms with E-state index in [-0.39, 0.29) is 24.1 Å². The number of fused-ring (bicyclic) bond motifs is 1. The van der Waals surface area contributed by atoms with Crippen molar-refractivity contribution in [1.29, 1.82) is 0 Å². The molecule has 0 bridgehead atoms. The Bertz CT molecular complexity index is 1680. The number of H-pyrrole nitrogens is 1. The van der Waals surface area contributed by atoms with Crippen LogP contribution in [0.15, 0.2) is 71.9 Å². The van der Waals surface area contributed by atoms with E-state index >= 15 is 0 Å². The maximum absolute atomic E-state index is 13.6. The second kappa shape index (κ2) is 10.3. The molecular formula is C30H30ClN5O2. The lowest BCUT2D eigenvalue weighted by atomic mass is 9.98. The molecule has 5 rings (SSSR count). The van der Waals surface area contributed by atoms with Crippen molar-refractivity contribution in [3.8, 4) is 11.1 Å². The lowest BCUT2D eigenvalue weighted by molar-refractivity contribution is 0.0952. The Labute approximate surface area is 226 Å². The van der Waals surface area contributed by atoms with Gasteiger partial charge in [0.05, 0.1) is 22.6 Å². The number of nitrogens with one attached hydrogen (secondary N) is 2. The summed E-state index contributed by atoms with van der Waals surface area (Å²) in [7, 11) is 0. The number of hydrogen-bond donors (Lipinski definition) is 2. The van der Waals surface area contributed by atoms with Gasteiger partial charge in [0.2, 0.25) is 0 Å². The fraction of sp³-hybridized carbons (Fsp3) is 0.233. The number of halogens is 1. The van der Waals surface area contributed by atoms with E-state index in [0.717, 1.165) is 33.5 Å². The number of carbonyl (C=O) groups excluding carboxylic acids is 1. The Hall–Kier alpha value is -4.10. The van der Waals surface area contributed by atoms with Gasteiger partial charge >= 0.3 is 0 Å². The lowest BCUT2D eigenvalue weighted by Crippen LogP contribution is -2.28. The average molecular weight is 528 g/mol. The van der Waals surface area contributed by atoms with Gasteiger partial charge in [-0.1, -0.05) is 35.9 Å². The molecule has 5 aromatic rings. The van der Waals surface area contributed by atoms with Crippen LogP contribution in [0, 0.1) is 13.8 Å². The number of carbonyl (C=O) groups is 1. The summed E-state index contributed by atoms with van der Waals surface area (Å²) in [5.41, 5.74) is 6.36. The minimum absolute atomic E-state index is 0.122. The molecule has 0 atom stereocenters. The Morgan fingerprint density at radius 1 is 1.11 bits per heavy atom. The summed E-state index contributed by atoms with van der Waals surface area (Å²) < 4.78 is 3.96. The van der Waals surface area contributed by atoms with E-state index in [0.29, 0.717) is 28.1 Å². The van der Waals surface area contributed by atoms with Crippen LogP contribution >= 0.6 is 11.6 Å². The summed E-state index contributed by atoms with van der Waals surface area (Å²) in [4.78, 5) is 28.9. The summed E-state index contributed by atoms with van der Waals surface area (Å²) in [6.45, 7) is 8.68. The Kier molecular flexibility index (Phi) is 6.95. The van der Waals surface area contributed by atoms with E-state index < -0.39 is 0 Å². The zero-order valence-electron chi connectivity index (χ0n) is 21.9. The third kappa shape index (κ3) is 5.02. The number of pyridine rings is 1. The van der Waals surface area contributed by atoms with E-state index in [1.54, 1.807) is 6.20 Å². The molecule has 0 fully saturated rings. The van der Waals surface area contributed by atoms with Crippen LogP contribution in [0.3, 0.4) is 0 Å². The largest absolute Gasteiger partial charge is 0.348 e. The fourth-order valence-electron chi connectivity index (χ4n) is 4.86. The van der Waals surface area contributed by atoms with Gasteiger partial charge in [0.25, 0.3) is 11.5 Å². The molecule has 0 saturated carbocycles. The molecule has 0 aliphatic heterocycles. The molecule has 7 nitrogen and oxygen atoms in total. The molecule has 0 unspecified atom stereocenters. The third-order valence-electron chi connectivity index (χ3n) is 6.80. The highest BCUT2D eigenvalue weighted by Gasteiger charge is 2.20. The number of rotatable bonds is 7. The van der Waals surface area contributed by atoms with E-state index in [4.69, 9.17) is 11.6 Å². The highest BCUT2D eigenvalue weighted by Crippen LogP contribution is 2.35. The predicted molar refractivity (Wildman–Crippen MR) is 152 cm³/mol. The van der Waals surface area contributed by atoms with Gasteiger partial charge < -0.3 is 14.9 Å². The summed E-state index contributed by atoms with van der Waals surface area (Å²) in [5, 5.41) is 8.44. The van der Waals surface area contributed by atoms with Crippen molar-refractivity contribution in [2.75, 3.05) is 0 Å². The normalized spacial score (nSPS) is 11.4. The van der Waals surface area contributed by atoms with Crippen LogP contribution in [0.25, 0.3) is 22.0 Å². The molecule has 3 heterocycles. The lowest BCUT2D eigenvalue weighted by Gasteiger charge is -2.14. The first-order valence-corrected chi connectivity index (χ1v) is 13.0. The van der Waals surface area contributed by atoms with E-state index in [9.17, 15) is 9.59 Å². The van der Waals surface area contributed by atoms with Crippen LogP contribution in [-0.4, -0.2) is 25.2 Å². The van der Waals surface area contributed by atoms with Gasteiger partial charge in [-0.25, -0.2) is 0 Å². The topological polar surface area (TPSA) is 84.7 Å². The number of nitrogens with zero attached hydrogens (tertiary/aromatic N) is 3. The smallest absolute Gasteiger partial charge is 0.253 e. The zero-order valence-corrected chi connectivity index (χ0v) is 22.6. The quantitative estimate of drug-likeness (QED) is 0.271. The van der Waals surface area contributed by atoms with E-state index in [1.807, 2.05) is 49.1 Å². The molecule has 1 amide bonds. The second-order valence-corrected chi connectivity index (χ2v) is 10.3. The molecule has 0 saturated heterocycles. The second-order valence-electron chi connectivity index (χ2n) is 9.92. The van der Waals surface area contributed by atoms with Crippen LogP contribution in [-0.2, 0) is 13.1 Å². The van der Waals surface area contributed by atoms with Crippen molar-refractivity contribution in [3.05, 3.63) is 110 Å². The first-order chi connectivity index (χ1) is 18.2. The van der Waals surface area contributed by atoms with Crippen molar-refractivity contribution in [1.82, 2.24) is 24.6 Å². The summed E-state index contributed by atoms with van der Waals surface area (Å²) in [5.74, 6) is -0.282. The van der Waals surface area contributed by atoms with Crippen molar-refractivity contribution >= 4 is 28.4 Å². The standard InChI is InChI=1S/C30H30ClN5O2/c1-18(2)36-17-26(31)28-24(29(37)32-15-25-19(3)12-20(4)34-30(25)38)13-23(14-27(28)36)22-8-6-21(7-9-22)16-35-11-5-10-33-35/h5-14,17-18H,15-16H2,1-4H3,(H,32,37)(H,34,38). The molecule has 0 aliphatic carbocycles. The number of aromatic nitrogens is 4. The van der Waals surface area contributed by atoms with Gasteiger partial charge in [0.15, 0.2) is 0 Å². The highest BCUT2D eigenvalue weighted by atomic mass is 35.5. The van der Waals surface area contributed by atoms with Gasteiger partial charge in [-0.05, 0) is 74.2 Å². The molecular weight excluding hydrogens is 498 g/mol. The number of aryl methyl sites for hydroxylation is 2. The fourth-order valence-corrected chi connectivity index (χ4v) is 5.16. The predicted octanol–water partition coefficient (Wildman–Crippen LogP) is 6.02. The molecule has 2 aromatic carbocycles. The number of hydrogen-bond acceptors (Lipinski definition) is 3. The van der Waals surface area contributed by atoms with Crippen molar-refractivity contribution in [2.24, 2.45) is 0 Å². The maximum atomic E-state index is 13.6. The molecule has 0 spiro atoms. The first kappa shape index (κ1) is 25.5. The number of aromatic amines is 1. The molecule has 194 valence electrons. The van der Waals surface area contributed by atoms with Gasteiger partial charge in [0, 0.05) is 47.8 Å². The molecule has 0 aliphatic rings. The molecule has 0 radical (unpaired) electrons. The highest BCUT2D eigenvalue weighted by molar-refractivity contribution is 6.37. The maximum Gasteiger partial charge on any atom is 0.253 e. The van der Waals surface area contributed by atoms with Crippen LogP contribution < -0.4 is 10.9 Å². The Morgan fingerprint density at radius 3 is 2.53 bits per heavy atom. The van der Waals surface area contributed by atoms with Crippen LogP contribution in [0.5, 0.6) is 0 Å². The first-order valence-electron chi connectivity index (χ1n) is 12.6. The molecule has 8 heteroatoms. The summed E-state index contributed by atoms with van der Waals surface area (Å²) in [6, 6.07) is 16.2. The monoisotopic (exact) mass is 527 g/mol. The average Bonchev–Trinajstić information content (AvgIpc) is 3.51. The molecule has 38 heavy (non-hydrogen) atoms. The van der Waals surface area contributed by atoms with Crippen molar-refractivity contribution < 1.29 is 4.79 Å². The molecule has 3 aromatic heterocycles. The zero-order chi connectivity index (χ0) is 27.0. The van der Waals surface area contributed by atoms with Crippen molar-refractivity contribution in [2.45, 2.75) is 46.8 Å². The summed E-state index contributed by atoms with van der Waals surface area (Å²) in [6.07, 6.45) is 5.57. The SMILES string of the molecule is Cc1cc(C)c(CNC(=O)c2cc(-c3ccc(Cn4cccn4)cc3)cc3c2c(Cl)cn3C(C)C)c(=O)[nH]1. The van der Waals surface area contributed by atoms with Crippen molar-refractivity contribution in [3.63, 3.8) is 0 Å². The minimum atomic E-state index is -0.282. The molecule has 2 N–H and O–H groups in total. The third-order valence-corrected chi connectivity index (χ3v) is 7.09. The van der Waals surface area contributed by atoms with Crippen LogP contribution in [0.1, 0.15) is 52.6 Å². The Morgan fingerprint density at radius 2 is 1.87 bits per heavy atom. The van der Waals surface area contributed by atoms with E-state index in [2.05, 4.69) is 64.1 Å². The minimum Gasteiger partial charge on any atom is -0.348 e. The number of amides is 1. The van der Waals surface area contributed by atoms with Gasteiger partial charge in [-0.2, -0.15) is 5.10 Å². The van der Waals surface area contributed by atoms with Gasteiger partial charge in [-0.15, -0.1) is 0 Å². The van der Waals surface area contributed by atoms with E-state index in [1.165, 1.54) is 0 Å². The van der Waals surface area contributed by atoms with Crippen LogP contribution in [0.2, 0.25) is 5.02 Å². The Balaban J connectivity index is 1.53. The van der Waals surface area contributed by atoms with Gasteiger partial charge in [0.1, 0.15) is 0 Å².